The van der Waals surface area contributed by atoms with Crippen molar-refractivity contribution in [2.75, 3.05) is 0 Å². The Kier molecular flexibility index (Phi) is 7.15. The number of rotatable bonds is 5. The second kappa shape index (κ2) is 9.81. The second-order valence-electron chi connectivity index (χ2n) is 6.76. The summed E-state index contributed by atoms with van der Waals surface area (Å²) in [6, 6.07) is 16.8. The van der Waals surface area contributed by atoms with E-state index in [2.05, 4.69) is 15.9 Å². The first kappa shape index (κ1) is 22.6. The van der Waals surface area contributed by atoms with E-state index in [4.69, 9.17) is 4.42 Å². The molecule has 0 saturated heterocycles. The molecule has 0 fully saturated rings. The van der Waals surface area contributed by atoms with Gasteiger partial charge in [-0.3, -0.25) is 4.79 Å². The molecule has 4 nitrogen and oxygen atoms in total. The molecule has 0 aliphatic heterocycles. The van der Waals surface area contributed by atoms with Gasteiger partial charge in [-0.15, -0.1) is 0 Å². The number of carbonyl (C=O) groups is 1. The van der Waals surface area contributed by atoms with Crippen molar-refractivity contribution in [3.63, 3.8) is 0 Å². The van der Waals surface area contributed by atoms with Crippen LogP contribution in [0.1, 0.15) is 21.5 Å². The Balaban J connectivity index is 0.00000272. The van der Waals surface area contributed by atoms with Gasteiger partial charge in [0, 0.05) is 27.6 Å². The fourth-order valence-corrected chi connectivity index (χ4v) is 3.39. The van der Waals surface area contributed by atoms with Gasteiger partial charge in [-0.25, -0.2) is 13.8 Å². The van der Waals surface area contributed by atoms with Gasteiger partial charge in [0.2, 0.25) is 0 Å². The van der Waals surface area contributed by atoms with E-state index in [1.54, 1.807) is 42.5 Å². The Hall–Kier alpha value is -3.09. The summed E-state index contributed by atoms with van der Waals surface area (Å²) in [4.78, 5) is 24.7. The normalized spacial score (nSPS) is 10.9. The molecule has 156 valence electrons. The number of allylic oxidation sites excluding steroid dienone is 1. The zero-order valence-corrected chi connectivity index (χ0v) is 18.4. The third-order valence-electron chi connectivity index (χ3n) is 4.58. The standard InChI is InChI=1S/C24H16BrFNO3.ClH/c25-19-4-8-23-18(13-19)14-21(24(29)30-23)22(28)7-3-16-9-11-27(12-10-16)15-17-1-5-20(26)6-2-17;/h1-14H,15H2;1H/q+1;/p-1/b7-3+;. The lowest BCUT2D eigenvalue weighted by Gasteiger charge is -2.00. The lowest BCUT2D eigenvalue weighted by atomic mass is 10.1. The predicted molar refractivity (Wildman–Crippen MR) is 116 cm³/mol. The second-order valence-corrected chi connectivity index (χ2v) is 7.67. The van der Waals surface area contributed by atoms with Crippen LogP contribution in [0.15, 0.2) is 92.8 Å². The van der Waals surface area contributed by atoms with Crippen LogP contribution in [0.4, 0.5) is 4.39 Å². The van der Waals surface area contributed by atoms with Crippen molar-refractivity contribution in [3.8, 4) is 0 Å². The molecule has 0 saturated carbocycles. The molecule has 0 amide bonds. The summed E-state index contributed by atoms with van der Waals surface area (Å²) in [5.74, 6) is -0.685. The fraction of sp³-hybridized carbons (Fsp3) is 0.0417. The number of hydrogen-bond acceptors (Lipinski definition) is 3. The van der Waals surface area contributed by atoms with Gasteiger partial charge in [-0.2, -0.15) is 0 Å². The van der Waals surface area contributed by atoms with Crippen LogP contribution in [0.3, 0.4) is 0 Å². The smallest absolute Gasteiger partial charge is 0.347 e. The van der Waals surface area contributed by atoms with Gasteiger partial charge in [0.15, 0.2) is 24.7 Å². The third-order valence-corrected chi connectivity index (χ3v) is 5.08. The number of benzene rings is 2. The molecule has 0 atom stereocenters. The van der Waals surface area contributed by atoms with E-state index in [1.165, 1.54) is 18.2 Å². The number of ketones is 1. The molecule has 0 unspecified atom stereocenters. The highest BCUT2D eigenvalue weighted by molar-refractivity contribution is 9.10. The number of nitrogens with zero attached hydrogens (tertiary/aromatic N) is 1. The van der Waals surface area contributed by atoms with Gasteiger partial charge in [0.05, 0.1) is 0 Å². The summed E-state index contributed by atoms with van der Waals surface area (Å²) < 4.78 is 21.0. The van der Waals surface area contributed by atoms with E-state index < -0.39 is 11.4 Å². The highest BCUT2D eigenvalue weighted by Crippen LogP contribution is 2.19. The Morgan fingerprint density at radius 1 is 1.03 bits per heavy atom. The summed E-state index contributed by atoms with van der Waals surface area (Å²) in [6.07, 6.45) is 6.75. The monoisotopic (exact) mass is 499 g/mol. The largest absolute Gasteiger partial charge is 1.00 e. The van der Waals surface area contributed by atoms with Crippen LogP contribution in [-0.4, -0.2) is 5.78 Å². The Morgan fingerprint density at radius 2 is 1.74 bits per heavy atom. The highest BCUT2D eigenvalue weighted by atomic mass is 79.9. The van der Waals surface area contributed by atoms with Crippen LogP contribution in [0, 0.1) is 5.82 Å². The SMILES string of the molecule is O=C(/C=C/c1cc[n+](Cc2ccc(F)cc2)cc1)c1cc2cc(Br)ccc2oc1=O.[Cl-]. The van der Waals surface area contributed by atoms with E-state index in [1.807, 2.05) is 29.1 Å². The molecule has 0 aliphatic rings. The molecule has 0 radical (unpaired) electrons. The van der Waals surface area contributed by atoms with Crippen LogP contribution in [0.25, 0.3) is 17.0 Å². The zero-order valence-electron chi connectivity index (χ0n) is 16.1. The van der Waals surface area contributed by atoms with Crippen LogP contribution in [0.2, 0.25) is 0 Å². The number of halogens is 3. The average molecular weight is 501 g/mol. The summed E-state index contributed by atoms with van der Waals surface area (Å²) >= 11 is 3.37. The molecule has 4 rings (SSSR count). The Bertz CT molecular complexity index is 1320. The van der Waals surface area contributed by atoms with Crippen molar-refractivity contribution in [2.24, 2.45) is 0 Å². The van der Waals surface area contributed by atoms with Gasteiger partial charge in [-0.1, -0.05) is 22.0 Å². The van der Waals surface area contributed by atoms with Crippen LogP contribution < -0.4 is 22.6 Å². The maximum Gasteiger partial charge on any atom is 0.347 e. The first-order valence-corrected chi connectivity index (χ1v) is 9.97. The van der Waals surface area contributed by atoms with Gasteiger partial charge in [-0.05, 0) is 60.2 Å². The molecule has 0 spiro atoms. The maximum atomic E-state index is 13.0. The van der Waals surface area contributed by atoms with Gasteiger partial charge < -0.3 is 16.8 Å². The van der Waals surface area contributed by atoms with Gasteiger partial charge in [0.1, 0.15) is 17.0 Å². The number of pyridine rings is 1. The van der Waals surface area contributed by atoms with Crippen molar-refractivity contribution in [3.05, 3.63) is 117 Å². The zero-order chi connectivity index (χ0) is 21.1. The summed E-state index contributed by atoms with van der Waals surface area (Å²) in [7, 11) is 0. The topological polar surface area (TPSA) is 51.2 Å². The van der Waals surface area contributed by atoms with Gasteiger partial charge in [0.25, 0.3) is 0 Å². The minimum absolute atomic E-state index is 0. The lowest BCUT2D eigenvalue weighted by molar-refractivity contribution is -0.688. The van der Waals surface area contributed by atoms with Crippen molar-refractivity contribution < 1.29 is 30.6 Å². The molecular formula is C24H16BrClFNO3. The molecule has 0 N–H and O–H groups in total. The summed E-state index contributed by atoms with van der Waals surface area (Å²) in [5, 5.41) is 0.669. The van der Waals surface area contributed by atoms with E-state index >= 15 is 0 Å². The van der Waals surface area contributed by atoms with Crippen molar-refractivity contribution in [2.45, 2.75) is 6.54 Å². The van der Waals surface area contributed by atoms with Crippen molar-refractivity contribution >= 4 is 38.8 Å². The quantitative estimate of drug-likeness (QED) is 0.182. The number of aromatic nitrogens is 1. The number of carbonyl (C=O) groups excluding carboxylic acids is 1. The number of hydrogen-bond donors (Lipinski definition) is 0. The highest BCUT2D eigenvalue weighted by Gasteiger charge is 2.12. The summed E-state index contributed by atoms with van der Waals surface area (Å²) in [6.45, 7) is 0.608. The number of fused-ring (bicyclic) bond motifs is 1. The lowest BCUT2D eigenvalue weighted by Crippen LogP contribution is -3.00. The maximum absolute atomic E-state index is 13.0. The van der Waals surface area contributed by atoms with E-state index in [-0.39, 0.29) is 23.8 Å². The van der Waals surface area contributed by atoms with Crippen molar-refractivity contribution in [1.29, 1.82) is 0 Å². The molecule has 4 aromatic rings. The molecule has 0 bridgehead atoms. The molecule has 31 heavy (non-hydrogen) atoms. The average Bonchev–Trinajstić information content (AvgIpc) is 2.74. The molecular weight excluding hydrogens is 485 g/mol. The molecule has 2 heterocycles. The van der Waals surface area contributed by atoms with Gasteiger partial charge >= 0.3 is 5.63 Å². The predicted octanol–water partition coefficient (Wildman–Crippen LogP) is 1.93. The van der Waals surface area contributed by atoms with Crippen molar-refractivity contribution in [1.82, 2.24) is 0 Å². The van der Waals surface area contributed by atoms with E-state index in [9.17, 15) is 14.0 Å². The van der Waals surface area contributed by atoms with Crippen LogP contribution in [0.5, 0.6) is 0 Å². The van der Waals surface area contributed by atoms with Crippen LogP contribution in [-0.2, 0) is 6.54 Å². The Labute approximate surface area is 192 Å². The first-order chi connectivity index (χ1) is 14.5. The van der Waals surface area contributed by atoms with E-state index in [0.717, 1.165) is 15.6 Å². The fourth-order valence-electron chi connectivity index (χ4n) is 3.01. The molecule has 7 heteroatoms. The van der Waals surface area contributed by atoms with Crippen LogP contribution >= 0.6 is 15.9 Å². The minimum atomic E-state index is -0.662. The Morgan fingerprint density at radius 3 is 2.45 bits per heavy atom. The molecule has 2 aromatic carbocycles. The molecule has 0 aliphatic carbocycles. The molecule has 2 aromatic heterocycles. The third kappa shape index (κ3) is 5.54. The first-order valence-electron chi connectivity index (χ1n) is 9.17. The summed E-state index contributed by atoms with van der Waals surface area (Å²) in [5.41, 5.74) is 1.54. The minimum Gasteiger partial charge on any atom is -1.00 e. The van der Waals surface area contributed by atoms with E-state index in [0.29, 0.717) is 17.5 Å².